The van der Waals surface area contributed by atoms with Crippen LogP contribution in [0.4, 0.5) is 34.1 Å². The Morgan fingerprint density at radius 1 is 0.338 bits per heavy atom. The molecule has 71 heavy (non-hydrogen) atoms. The quantitative estimate of drug-likeness (QED) is 0.128. The maximum absolute atomic E-state index is 7.43. The third-order valence-corrected chi connectivity index (χ3v) is 15.9. The fourth-order valence-corrected chi connectivity index (χ4v) is 12.5. The Balaban J connectivity index is 1.09. The van der Waals surface area contributed by atoms with E-state index in [1.54, 1.807) is 0 Å². The predicted molar refractivity (Wildman–Crippen MR) is 302 cm³/mol. The fraction of sp³-hybridized carbons (Fsp3) is 0.121. The molecule has 5 heteroatoms. The number of anilines is 6. The molecule has 0 radical (unpaired) electrons. The molecule has 0 bridgehead atoms. The van der Waals surface area contributed by atoms with E-state index in [2.05, 4.69) is 239 Å². The molecule has 2 aliphatic heterocycles. The van der Waals surface area contributed by atoms with E-state index in [4.69, 9.17) is 8.83 Å². The summed E-state index contributed by atoms with van der Waals surface area (Å²) in [5, 5.41) is 17.1. The van der Waals surface area contributed by atoms with Crippen molar-refractivity contribution in [3.63, 3.8) is 0 Å². The Morgan fingerprint density at radius 3 is 1.24 bits per heavy atom. The van der Waals surface area contributed by atoms with Crippen LogP contribution < -0.4 is 26.6 Å². The van der Waals surface area contributed by atoms with Crippen molar-refractivity contribution in [2.24, 2.45) is 0 Å². The largest absolute Gasteiger partial charge is 0.468 e. The number of nitrogens with zero attached hydrogens (tertiary/aromatic N) is 2. The van der Waals surface area contributed by atoms with Gasteiger partial charge in [0.15, 0.2) is 0 Å². The highest BCUT2D eigenvalue weighted by Gasteiger charge is 2.50. The van der Waals surface area contributed by atoms with Crippen molar-refractivity contribution < 1.29 is 8.83 Å². The first-order valence-corrected chi connectivity index (χ1v) is 25.0. The molecular weight excluding hydrogens is 864 g/mol. The Kier molecular flexibility index (Phi) is 8.10. The lowest BCUT2D eigenvalue weighted by atomic mass is 9.37. The van der Waals surface area contributed by atoms with Crippen LogP contribution in [-0.2, 0) is 10.8 Å². The zero-order valence-electron chi connectivity index (χ0n) is 40.7. The standard InChI is InChI=1S/C66H49BN2O2/c1-65(2,3)38-29-33-57-52(35-38)61-63(70-57)67-60-55(68(61)40-31-32-48-43-19-8-7-17-41(43)42-18-10-12-23-47(42)51(48)37-40)27-16-28-56(60)69(62-53-36-39(66(4,5)6)30-34-58(53)71-64(62)67)54-26-15-25-50-46-21-11-9-20-44(46)45-22-13-14-24-49(45)59(50)54/h7-37H,1-6H3. The number of rotatable bonds is 2. The third-order valence-electron chi connectivity index (χ3n) is 15.9. The summed E-state index contributed by atoms with van der Waals surface area (Å²) in [4.78, 5) is 5.04. The first-order chi connectivity index (χ1) is 34.5. The molecule has 0 atom stereocenters. The highest BCUT2D eigenvalue weighted by molar-refractivity contribution is 6.99. The van der Waals surface area contributed by atoms with Crippen LogP contribution in [0.5, 0.6) is 0 Å². The smallest absolute Gasteiger partial charge is 0.342 e. The molecule has 2 aliphatic rings. The molecule has 0 saturated heterocycles. The minimum Gasteiger partial charge on any atom is -0.468 e. The van der Waals surface area contributed by atoms with Gasteiger partial charge in [0.2, 0.25) is 0 Å². The van der Waals surface area contributed by atoms with Gasteiger partial charge in [0, 0.05) is 33.2 Å². The van der Waals surface area contributed by atoms with Gasteiger partial charge >= 0.3 is 6.71 Å². The van der Waals surface area contributed by atoms with Crippen LogP contribution in [0.3, 0.4) is 0 Å². The Labute approximate surface area is 412 Å². The van der Waals surface area contributed by atoms with Crippen molar-refractivity contribution in [1.82, 2.24) is 0 Å². The van der Waals surface area contributed by atoms with Crippen LogP contribution in [0, 0.1) is 0 Å². The number of furan rings is 2. The van der Waals surface area contributed by atoms with Gasteiger partial charge in [-0.3, -0.25) is 0 Å². The van der Waals surface area contributed by atoms with Crippen LogP contribution in [-0.4, -0.2) is 6.71 Å². The highest BCUT2D eigenvalue weighted by atomic mass is 16.3. The molecule has 4 heterocycles. The Morgan fingerprint density at radius 2 is 0.732 bits per heavy atom. The van der Waals surface area contributed by atoms with Gasteiger partial charge < -0.3 is 18.6 Å². The summed E-state index contributed by atoms with van der Waals surface area (Å²) in [6.45, 7) is 13.4. The summed E-state index contributed by atoms with van der Waals surface area (Å²) in [6.07, 6.45) is 0. The molecule has 0 aliphatic carbocycles. The molecule has 0 fully saturated rings. The number of benzene rings is 11. The van der Waals surface area contributed by atoms with Gasteiger partial charge in [-0.15, -0.1) is 0 Å². The molecule has 0 spiro atoms. The lowest BCUT2D eigenvalue weighted by Crippen LogP contribution is -2.60. The topological polar surface area (TPSA) is 32.8 Å². The minimum atomic E-state index is -0.340. The molecule has 0 amide bonds. The van der Waals surface area contributed by atoms with Crippen LogP contribution in [0.1, 0.15) is 52.7 Å². The maximum atomic E-state index is 7.43. The van der Waals surface area contributed by atoms with Gasteiger partial charge in [-0.1, -0.05) is 175 Å². The fourth-order valence-electron chi connectivity index (χ4n) is 12.5. The zero-order valence-corrected chi connectivity index (χ0v) is 40.7. The van der Waals surface area contributed by atoms with Crippen molar-refractivity contribution in [3.05, 3.63) is 199 Å². The van der Waals surface area contributed by atoms with Crippen molar-refractivity contribution in [3.8, 4) is 0 Å². The summed E-state index contributed by atoms with van der Waals surface area (Å²) in [6, 6.07) is 70.0. The molecule has 2 aromatic heterocycles. The summed E-state index contributed by atoms with van der Waals surface area (Å²) in [5.41, 5.74) is 13.5. The van der Waals surface area contributed by atoms with E-state index in [0.717, 1.165) is 72.8 Å². The lowest BCUT2D eigenvalue weighted by Gasteiger charge is -2.41. The van der Waals surface area contributed by atoms with Gasteiger partial charge in [-0.05, 0) is 141 Å². The molecule has 0 unspecified atom stereocenters. The van der Waals surface area contributed by atoms with Crippen LogP contribution in [0.25, 0.3) is 86.6 Å². The minimum absolute atomic E-state index is 0.0815. The van der Waals surface area contributed by atoms with E-state index in [9.17, 15) is 0 Å². The first kappa shape index (κ1) is 40.6. The van der Waals surface area contributed by atoms with Gasteiger partial charge in [-0.25, -0.2) is 0 Å². The monoisotopic (exact) mass is 912 g/mol. The second-order valence-electron chi connectivity index (χ2n) is 22.0. The SMILES string of the molecule is CC(C)(C)c1ccc2oc3c(c2c1)N(c1ccc2c4ccccc4c4ccccc4c2c1)c1cccc2c1B3c1oc3ccc(C(C)(C)C)cc3c1N2c1cccc2c3ccccc3c3ccccc3c12. The van der Waals surface area contributed by atoms with E-state index >= 15 is 0 Å². The van der Waals surface area contributed by atoms with E-state index < -0.39 is 0 Å². The molecule has 0 N–H and O–H groups in total. The van der Waals surface area contributed by atoms with Gasteiger partial charge in [-0.2, -0.15) is 0 Å². The van der Waals surface area contributed by atoms with Gasteiger partial charge in [0.05, 0.1) is 17.1 Å². The second-order valence-corrected chi connectivity index (χ2v) is 22.0. The van der Waals surface area contributed by atoms with E-state index in [0.29, 0.717) is 0 Å². The number of fused-ring (bicyclic) bond motifs is 20. The second kappa shape index (κ2) is 14.2. The lowest BCUT2D eigenvalue weighted by molar-refractivity contribution is 0.590. The summed E-state index contributed by atoms with van der Waals surface area (Å²) in [5.74, 6) is 0. The van der Waals surface area contributed by atoms with Crippen LogP contribution in [0.2, 0.25) is 0 Å². The molecule has 11 aromatic carbocycles. The Bertz CT molecular complexity index is 4390. The summed E-state index contributed by atoms with van der Waals surface area (Å²) < 4.78 is 14.8. The first-order valence-electron chi connectivity index (χ1n) is 25.0. The average Bonchev–Trinajstić information content (AvgIpc) is 3.97. The zero-order chi connectivity index (χ0) is 47.7. The average molecular weight is 913 g/mol. The van der Waals surface area contributed by atoms with E-state index in [1.165, 1.54) is 75.8 Å². The summed E-state index contributed by atoms with van der Waals surface area (Å²) in [7, 11) is 0. The molecule has 338 valence electrons. The van der Waals surface area contributed by atoms with Gasteiger partial charge in [0.1, 0.15) is 22.5 Å². The van der Waals surface area contributed by atoms with Crippen LogP contribution in [0.15, 0.2) is 197 Å². The van der Waals surface area contributed by atoms with Crippen molar-refractivity contribution in [1.29, 1.82) is 0 Å². The van der Waals surface area contributed by atoms with Crippen LogP contribution >= 0.6 is 0 Å². The van der Waals surface area contributed by atoms with Crippen molar-refractivity contribution >= 4 is 144 Å². The molecule has 15 rings (SSSR count). The molecule has 0 saturated carbocycles. The third kappa shape index (κ3) is 5.58. The maximum Gasteiger partial charge on any atom is 0.342 e. The van der Waals surface area contributed by atoms with Crippen molar-refractivity contribution in [2.45, 2.75) is 52.4 Å². The van der Waals surface area contributed by atoms with E-state index in [-0.39, 0.29) is 17.5 Å². The Hall–Kier alpha value is -8.28. The molecule has 13 aromatic rings. The molecule has 4 nitrogen and oxygen atoms in total. The number of hydrogen-bond acceptors (Lipinski definition) is 4. The number of hydrogen-bond donors (Lipinski definition) is 0. The highest BCUT2D eigenvalue weighted by Crippen LogP contribution is 2.52. The van der Waals surface area contributed by atoms with E-state index in [1.807, 2.05) is 0 Å². The predicted octanol–water partition coefficient (Wildman–Crippen LogP) is 16.8. The van der Waals surface area contributed by atoms with Gasteiger partial charge in [0.25, 0.3) is 0 Å². The summed E-state index contributed by atoms with van der Waals surface area (Å²) >= 11 is 0. The van der Waals surface area contributed by atoms with Crippen molar-refractivity contribution in [2.75, 3.05) is 9.80 Å². The molecular formula is C66H49BN2O2. The normalized spacial score (nSPS) is 13.7.